The number of oxime groups is 1. The average molecular weight is 295 g/mol. The van der Waals surface area contributed by atoms with Crippen LogP contribution in [-0.2, 0) is 11.3 Å². The predicted octanol–water partition coefficient (Wildman–Crippen LogP) is 1.92. The van der Waals surface area contributed by atoms with Gasteiger partial charge in [-0.05, 0) is 25.5 Å². The maximum atomic E-state index is 14.4. The van der Waals surface area contributed by atoms with Gasteiger partial charge in [0.05, 0.1) is 11.7 Å². The Kier molecular flexibility index (Phi) is 5.52. The quantitative estimate of drug-likeness (QED) is 0.364. The molecule has 0 radical (unpaired) electrons. The van der Waals surface area contributed by atoms with E-state index in [-0.39, 0.29) is 17.5 Å². The summed E-state index contributed by atoms with van der Waals surface area (Å²) in [7, 11) is 0. The number of nitrogens with zero attached hydrogens (tertiary/aromatic N) is 2. The predicted molar refractivity (Wildman–Crippen MR) is 78.8 cm³/mol. The SMILES string of the molecule is CCN(Cc1cccc(/C(N)=N/O)c1F)CC1CCCO1. The fourth-order valence-electron chi connectivity index (χ4n) is 2.58. The largest absolute Gasteiger partial charge is 0.409 e. The molecule has 21 heavy (non-hydrogen) atoms. The summed E-state index contributed by atoms with van der Waals surface area (Å²) in [4.78, 5) is 2.14. The van der Waals surface area contributed by atoms with Gasteiger partial charge in [-0.25, -0.2) is 4.39 Å². The molecule has 1 aliphatic rings. The van der Waals surface area contributed by atoms with Crippen molar-refractivity contribution in [2.75, 3.05) is 19.7 Å². The van der Waals surface area contributed by atoms with Crippen LogP contribution in [0.4, 0.5) is 4.39 Å². The van der Waals surface area contributed by atoms with Crippen molar-refractivity contribution in [1.82, 2.24) is 4.90 Å². The second kappa shape index (κ2) is 7.38. The lowest BCUT2D eigenvalue weighted by atomic mass is 10.1. The minimum absolute atomic E-state index is 0.128. The van der Waals surface area contributed by atoms with Gasteiger partial charge in [-0.15, -0.1) is 0 Å². The third kappa shape index (κ3) is 3.92. The topological polar surface area (TPSA) is 71.1 Å². The van der Waals surface area contributed by atoms with E-state index in [9.17, 15) is 4.39 Å². The first-order chi connectivity index (χ1) is 10.2. The Balaban J connectivity index is 2.09. The molecule has 5 nitrogen and oxygen atoms in total. The van der Waals surface area contributed by atoms with E-state index in [1.54, 1.807) is 12.1 Å². The Bertz CT molecular complexity index is 502. The van der Waals surface area contributed by atoms with Crippen LogP contribution in [0, 0.1) is 5.82 Å². The molecule has 3 N–H and O–H groups in total. The summed E-state index contributed by atoms with van der Waals surface area (Å²) < 4.78 is 20.0. The van der Waals surface area contributed by atoms with Crippen molar-refractivity contribution in [3.8, 4) is 0 Å². The zero-order valence-corrected chi connectivity index (χ0v) is 12.3. The zero-order chi connectivity index (χ0) is 15.2. The standard InChI is InChI=1S/C15H22FN3O2/c1-2-19(10-12-6-4-8-21-12)9-11-5-3-7-13(14(11)16)15(17)18-20/h3,5,7,12,20H,2,4,6,8-10H2,1H3,(H2,17,18). The van der Waals surface area contributed by atoms with Gasteiger partial charge in [0.1, 0.15) is 5.82 Å². The van der Waals surface area contributed by atoms with Gasteiger partial charge < -0.3 is 15.7 Å². The van der Waals surface area contributed by atoms with Crippen LogP contribution >= 0.6 is 0 Å². The molecule has 1 unspecified atom stereocenters. The minimum atomic E-state index is -0.432. The van der Waals surface area contributed by atoms with E-state index >= 15 is 0 Å². The third-order valence-electron chi connectivity index (χ3n) is 3.79. The molecule has 0 spiro atoms. The molecule has 6 heteroatoms. The van der Waals surface area contributed by atoms with Crippen LogP contribution < -0.4 is 5.73 Å². The highest BCUT2D eigenvalue weighted by molar-refractivity contribution is 5.97. The van der Waals surface area contributed by atoms with Gasteiger partial charge >= 0.3 is 0 Å². The molecular formula is C15H22FN3O2. The van der Waals surface area contributed by atoms with E-state index in [2.05, 4.69) is 10.1 Å². The minimum Gasteiger partial charge on any atom is -0.409 e. The summed E-state index contributed by atoms with van der Waals surface area (Å²) in [6.45, 7) is 4.95. The first kappa shape index (κ1) is 15.7. The second-order valence-corrected chi connectivity index (χ2v) is 5.23. The van der Waals surface area contributed by atoms with E-state index in [1.165, 1.54) is 6.07 Å². The molecule has 2 rings (SSSR count). The molecule has 0 saturated carbocycles. The summed E-state index contributed by atoms with van der Waals surface area (Å²) in [6.07, 6.45) is 2.39. The molecule has 0 aromatic heterocycles. The Morgan fingerprint density at radius 3 is 3.00 bits per heavy atom. The number of likely N-dealkylation sites (N-methyl/N-ethyl adjacent to an activating group) is 1. The molecule has 116 valence electrons. The molecule has 1 atom stereocenters. The first-order valence-corrected chi connectivity index (χ1v) is 7.25. The van der Waals surface area contributed by atoms with Gasteiger partial charge in [0.15, 0.2) is 5.84 Å². The van der Waals surface area contributed by atoms with Crippen LogP contribution in [0.25, 0.3) is 0 Å². The lowest BCUT2D eigenvalue weighted by Crippen LogP contribution is -2.32. The normalized spacial score (nSPS) is 19.4. The van der Waals surface area contributed by atoms with Crippen molar-refractivity contribution in [2.24, 2.45) is 10.9 Å². The van der Waals surface area contributed by atoms with Crippen LogP contribution in [0.2, 0.25) is 0 Å². The number of nitrogens with two attached hydrogens (primary N) is 1. The Labute approximate surface area is 124 Å². The zero-order valence-electron chi connectivity index (χ0n) is 12.3. The number of ether oxygens (including phenoxy) is 1. The maximum absolute atomic E-state index is 14.4. The maximum Gasteiger partial charge on any atom is 0.173 e. The van der Waals surface area contributed by atoms with Crippen molar-refractivity contribution in [3.05, 3.63) is 35.1 Å². The molecule has 1 aromatic rings. The molecule has 1 saturated heterocycles. The molecule has 0 amide bonds. The van der Waals surface area contributed by atoms with Crippen molar-refractivity contribution in [1.29, 1.82) is 0 Å². The number of benzene rings is 1. The van der Waals surface area contributed by atoms with Crippen LogP contribution in [0.15, 0.2) is 23.4 Å². The fraction of sp³-hybridized carbons (Fsp3) is 0.533. The van der Waals surface area contributed by atoms with E-state index in [4.69, 9.17) is 15.7 Å². The Hall–Kier alpha value is -1.66. The molecule has 1 fully saturated rings. The van der Waals surface area contributed by atoms with E-state index in [0.717, 1.165) is 32.5 Å². The van der Waals surface area contributed by atoms with Crippen LogP contribution in [0.3, 0.4) is 0 Å². The van der Waals surface area contributed by atoms with Crippen LogP contribution in [-0.4, -0.2) is 41.7 Å². The van der Waals surface area contributed by atoms with E-state index in [1.807, 2.05) is 6.92 Å². The summed E-state index contributed by atoms with van der Waals surface area (Å²) in [6, 6.07) is 4.94. The number of hydrogen-bond donors (Lipinski definition) is 2. The van der Waals surface area contributed by atoms with Gasteiger partial charge in [0.2, 0.25) is 0 Å². The second-order valence-electron chi connectivity index (χ2n) is 5.23. The van der Waals surface area contributed by atoms with Crippen LogP contribution in [0.5, 0.6) is 0 Å². The molecule has 1 aliphatic heterocycles. The molecule has 1 aromatic carbocycles. The smallest absolute Gasteiger partial charge is 0.173 e. The van der Waals surface area contributed by atoms with Gasteiger partial charge in [-0.3, -0.25) is 4.90 Å². The van der Waals surface area contributed by atoms with E-state index < -0.39 is 5.82 Å². The highest BCUT2D eigenvalue weighted by Gasteiger charge is 2.20. The van der Waals surface area contributed by atoms with Gasteiger partial charge in [-0.1, -0.05) is 24.2 Å². The van der Waals surface area contributed by atoms with Crippen molar-refractivity contribution < 1.29 is 14.3 Å². The Morgan fingerprint density at radius 1 is 1.57 bits per heavy atom. The van der Waals surface area contributed by atoms with Crippen molar-refractivity contribution in [3.63, 3.8) is 0 Å². The highest BCUT2D eigenvalue weighted by Crippen LogP contribution is 2.18. The molecule has 1 heterocycles. The molecule has 0 bridgehead atoms. The van der Waals surface area contributed by atoms with Crippen LogP contribution in [0.1, 0.15) is 30.9 Å². The lowest BCUT2D eigenvalue weighted by molar-refractivity contribution is 0.0721. The first-order valence-electron chi connectivity index (χ1n) is 7.25. The van der Waals surface area contributed by atoms with E-state index in [0.29, 0.717) is 12.1 Å². The van der Waals surface area contributed by atoms with Gasteiger partial charge in [-0.2, -0.15) is 0 Å². The van der Waals surface area contributed by atoms with Gasteiger partial charge in [0, 0.05) is 25.3 Å². The summed E-state index contributed by atoms with van der Waals surface area (Å²) in [5, 5.41) is 11.6. The summed E-state index contributed by atoms with van der Waals surface area (Å²) >= 11 is 0. The Morgan fingerprint density at radius 2 is 2.38 bits per heavy atom. The monoisotopic (exact) mass is 295 g/mol. The van der Waals surface area contributed by atoms with Crippen molar-refractivity contribution in [2.45, 2.75) is 32.4 Å². The summed E-state index contributed by atoms with van der Waals surface area (Å²) in [5.74, 6) is -0.643. The summed E-state index contributed by atoms with van der Waals surface area (Å²) in [5.41, 5.74) is 6.15. The lowest BCUT2D eigenvalue weighted by Gasteiger charge is -2.24. The number of hydrogen-bond acceptors (Lipinski definition) is 4. The fourth-order valence-corrected chi connectivity index (χ4v) is 2.58. The number of amidine groups is 1. The third-order valence-corrected chi connectivity index (χ3v) is 3.79. The number of rotatable bonds is 6. The number of halogens is 1. The highest BCUT2D eigenvalue weighted by atomic mass is 19.1. The average Bonchev–Trinajstić information content (AvgIpc) is 3.00. The van der Waals surface area contributed by atoms with Gasteiger partial charge in [0.25, 0.3) is 0 Å². The molecular weight excluding hydrogens is 273 g/mol. The van der Waals surface area contributed by atoms with Crippen molar-refractivity contribution >= 4 is 5.84 Å². The molecule has 0 aliphatic carbocycles.